The summed E-state index contributed by atoms with van der Waals surface area (Å²) in [6.07, 6.45) is 6.97. The smallest absolute Gasteiger partial charge is 0.220 e. The summed E-state index contributed by atoms with van der Waals surface area (Å²) in [7, 11) is 0. The van der Waals surface area contributed by atoms with E-state index in [1.165, 1.54) is 17.4 Å². The van der Waals surface area contributed by atoms with E-state index < -0.39 is 0 Å². The van der Waals surface area contributed by atoms with Gasteiger partial charge in [0.2, 0.25) is 5.91 Å². The van der Waals surface area contributed by atoms with E-state index in [1.54, 1.807) is 0 Å². The van der Waals surface area contributed by atoms with Crippen molar-refractivity contribution in [1.82, 2.24) is 15.2 Å². The minimum absolute atomic E-state index is 0.232. The number of fused-ring (bicyclic) bond motifs is 2. The Balaban J connectivity index is 1.57. The summed E-state index contributed by atoms with van der Waals surface area (Å²) in [5, 5.41) is 4.48. The fourth-order valence-electron chi connectivity index (χ4n) is 4.11. The monoisotopic (exact) mass is 309 g/mol. The molecule has 1 N–H and O–H groups in total. The highest BCUT2D eigenvalue weighted by Gasteiger charge is 2.35. The van der Waals surface area contributed by atoms with Gasteiger partial charge in [-0.15, -0.1) is 0 Å². The van der Waals surface area contributed by atoms with Crippen LogP contribution in [0, 0.1) is 0 Å². The van der Waals surface area contributed by atoms with Crippen LogP contribution in [0.4, 0.5) is 0 Å². The van der Waals surface area contributed by atoms with Gasteiger partial charge in [0.15, 0.2) is 0 Å². The van der Waals surface area contributed by atoms with Gasteiger partial charge in [-0.1, -0.05) is 24.6 Å². The molecule has 23 heavy (non-hydrogen) atoms. The SMILES string of the molecule is O=C1CCCC[C@@H]2[C@H](CCN2Cc2cccc3ncccc23)N1. The molecule has 0 bridgehead atoms. The Kier molecular flexibility index (Phi) is 4.00. The first kappa shape index (κ1) is 14.6. The van der Waals surface area contributed by atoms with Crippen LogP contribution in [0.1, 0.15) is 37.7 Å². The number of carbonyl (C=O) groups is 1. The van der Waals surface area contributed by atoms with Gasteiger partial charge in [-0.3, -0.25) is 14.7 Å². The number of hydrogen-bond donors (Lipinski definition) is 1. The molecule has 120 valence electrons. The van der Waals surface area contributed by atoms with Gasteiger partial charge in [-0.2, -0.15) is 0 Å². The number of benzene rings is 1. The Morgan fingerprint density at radius 1 is 1.17 bits per heavy atom. The first-order chi connectivity index (χ1) is 11.3. The Morgan fingerprint density at radius 2 is 2.13 bits per heavy atom. The molecule has 4 rings (SSSR count). The van der Waals surface area contributed by atoms with Crippen molar-refractivity contribution in [3.63, 3.8) is 0 Å². The van der Waals surface area contributed by atoms with Gasteiger partial charge >= 0.3 is 0 Å². The van der Waals surface area contributed by atoms with E-state index in [1.807, 2.05) is 12.3 Å². The number of likely N-dealkylation sites (tertiary alicyclic amines) is 1. The highest BCUT2D eigenvalue weighted by molar-refractivity contribution is 5.81. The van der Waals surface area contributed by atoms with Crippen LogP contribution in [-0.4, -0.2) is 34.4 Å². The number of hydrogen-bond acceptors (Lipinski definition) is 3. The molecule has 0 saturated carbocycles. The van der Waals surface area contributed by atoms with Crippen LogP contribution in [0.2, 0.25) is 0 Å². The summed E-state index contributed by atoms with van der Waals surface area (Å²) in [6, 6.07) is 11.3. The quantitative estimate of drug-likeness (QED) is 0.928. The summed E-state index contributed by atoms with van der Waals surface area (Å²) in [5.41, 5.74) is 2.40. The lowest BCUT2D eigenvalue weighted by molar-refractivity contribution is -0.122. The standard InChI is InChI=1S/C19H23N3O/c23-19-9-2-1-8-18-17(21-19)10-12-22(18)13-14-5-3-7-16-15(14)6-4-11-20-16/h3-7,11,17-18H,1-2,8-10,12-13H2,(H,21,23)/t17-,18+/m0/s1. The maximum absolute atomic E-state index is 11.9. The minimum Gasteiger partial charge on any atom is -0.352 e. The average Bonchev–Trinajstić information content (AvgIpc) is 2.91. The van der Waals surface area contributed by atoms with Crippen LogP contribution < -0.4 is 5.32 Å². The molecule has 3 heterocycles. The van der Waals surface area contributed by atoms with Gasteiger partial charge in [0.05, 0.1) is 5.52 Å². The van der Waals surface area contributed by atoms with E-state index in [0.717, 1.165) is 37.9 Å². The van der Waals surface area contributed by atoms with Crippen LogP contribution in [0.5, 0.6) is 0 Å². The maximum Gasteiger partial charge on any atom is 0.220 e. The molecule has 0 spiro atoms. The van der Waals surface area contributed by atoms with Crippen LogP contribution in [-0.2, 0) is 11.3 Å². The number of rotatable bonds is 2. The van der Waals surface area contributed by atoms with E-state index >= 15 is 0 Å². The Hall–Kier alpha value is -1.94. The van der Waals surface area contributed by atoms with E-state index in [2.05, 4.69) is 39.5 Å². The molecular formula is C19H23N3O. The summed E-state index contributed by atoms with van der Waals surface area (Å²) in [6.45, 7) is 2.01. The fourth-order valence-corrected chi connectivity index (χ4v) is 4.11. The van der Waals surface area contributed by atoms with Crippen molar-refractivity contribution in [3.05, 3.63) is 42.1 Å². The molecule has 2 atom stereocenters. The van der Waals surface area contributed by atoms with Crippen LogP contribution in [0.3, 0.4) is 0 Å². The Bertz CT molecular complexity index is 709. The second-order valence-corrected chi connectivity index (χ2v) is 6.73. The number of pyridine rings is 1. The number of carbonyl (C=O) groups excluding carboxylic acids is 1. The van der Waals surface area contributed by atoms with E-state index in [4.69, 9.17) is 0 Å². The molecular weight excluding hydrogens is 286 g/mol. The lowest BCUT2D eigenvalue weighted by atomic mass is 9.98. The number of nitrogens with one attached hydrogen (secondary N) is 1. The predicted molar refractivity (Wildman–Crippen MR) is 91.0 cm³/mol. The largest absolute Gasteiger partial charge is 0.352 e. The van der Waals surface area contributed by atoms with E-state index in [9.17, 15) is 4.79 Å². The lowest BCUT2D eigenvalue weighted by Crippen LogP contribution is -2.45. The third-order valence-electron chi connectivity index (χ3n) is 5.27. The molecule has 0 aliphatic carbocycles. The summed E-state index contributed by atoms with van der Waals surface area (Å²) < 4.78 is 0. The Labute approximate surface area is 136 Å². The molecule has 2 fully saturated rings. The van der Waals surface area contributed by atoms with Crippen molar-refractivity contribution in [1.29, 1.82) is 0 Å². The van der Waals surface area contributed by atoms with Crippen molar-refractivity contribution < 1.29 is 4.79 Å². The number of nitrogens with zero attached hydrogens (tertiary/aromatic N) is 2. The molecule has 2 aromatic rings. The van der Waals surface area contributed by atoms with Gasteiger partial charge < -0.3 is 5.32 Å². The zero-order valence-corrected chi connectivity index (χ0v) is 13.4. The molecule has 0 unspecified atom stereocenters. The van der Waals surface area contributed by atoms with Crippen molar-refractivity contribution >= 4 is 16.8 Å². The van der Waals surface area contributed by atoms with E-state index in [-0.39, 0.29) is 5.91 Å². The second kappa shape index (κ2) is 6.28. The molecule has 4 heteroatoms. The third kappa shape index (κ3) is 2.95. The minimum atomic E-state index is 0.232. The zero-order valence-electron chi connectivity index (χ0n) is 13.4. The van der Waals surface area contributed by atoms with Crippen molar-refractivity contribution in [2.75, 3.05) is 6.54 Å². The highest BCUT2D eigenvalue weighted by atomic mass is 16.1. The summed E-state index contributed by atoms with van der Waals surface area (Å²) in [5.74, 6) is 0.232. The van der Waals surface area contributed by atoms with Crippen molar-refractivity contribution in [3.8, 4) is 0 Å². The van der Waals surface area contributed by atoms with Gasteiger partial charge in [0, 0.05) is 43.2 Å². The molecule has 2 aliphatic rings. The molecule has 0 radical (unpaired) electrons. The molecule has 1 aromatic carbocycles. The second-order valence-electron chi connectivity index (χ2n) is 6.73. The molecule has 1 amide bonds. The summed E-state index contributed by atoms with van der Waals surface area (Å²) in [4.78, 5) is 18.9. The average molecular weight is 309 g/mol. The van der Waals surface area contributed by atoms with Gasteiger partial charge in [-0.25, -0.2) is 0 Å². The number of aromatic nitrogens is 1. The van der Waals surface area contributed by atoms with Crippen LogP contribution >= 0.6 is 0 Å². The molecule has 2 saturated heterocycles. The maximum atomic E-state index is 11.9. The topological polar surface area (TPSA) is 45.2 Å². The van der Waals surface area contributed by atoms with Crippen LogP contribution in [0.25, 0.3) is 10.9 Å². The van der Waals surface area contributed by atoms with Crippen molar-refractivity contribution in [2.24, 2.45) is 0 Å². The highest BCUT2D eigenvalue weighted by Crippen LogP contribution is 2.28. The first-order valence-electron chi connectivity index (χ1n) is 8.67. The van der Waals surface area contributed by atoms with Gasteiger partial charge in [-0.05, 0) is 37.0 Å². The van der Waals surface area contributed by atoms with Crippen molar-refractivity contribution in [2.45, 2.75) is 50.7 Å². The first-order valence-corrected chi connectivity index (χ1v) is 8.67. The normalized spacial score (nSPS) is 25.7. The van der Waals surface area contributed by atoms with Gasteiger partial charge in [0.25, 0.3) is 0 Å². The molecule has 4 nitrogen and oxygen atoms in total. The van der Waals surface area contributed by atoms with Gasteiger partial charge in [0.1, 0.15) is 0 Å². The zero-order chi connectivity index (χ0) is 15.6. The lowest BCUT2D eigenvalue weighted by Gasteiger charge is -2.30. The summed E-state index contributed by atoms with van der Waals surface area (Å²) >= 11 is 0. The predicted octanol–water partition coefficient (Wildman–Crippen LogP) is 2.87. The third-order valence-corrected chi connectivity index (χ3v) is 5.27. The fraction of sp³-hybridized carbons (Fsp3) is 0.474. The van der Waals surface area contributed by atoms with E-state index in [0.29, 0.717) is 18.5 Å². The van der Waals surface area contributed by atoms with Crippen LogP contribution in [0.15, 0.2) is 36.5 Å². The number of amides is 1. The molecule has 1 aromatic heterocycles. The molecule has 2 aliphatic heterocycles. The Morgan fingerprint density at radius 3 is 3.09 bits per heavy atom.